The topological polar surface area (TPSA) is 114 Å². The van der Waals surface area contributed by atoms with E-state index in [0.717, 1.165) is 36.9 Å². The molecule has 142 valence electrons. The van der Waals surface area contributed by atoms with Crippen molar-refractivity contribution in [2.75, 3.05) is 19.6 Å². The molecule has 1 saturated heterocycles. The molecule has 0 spiro atoms. The van der Waals surface area contributed by atoms with Crippen molar-refractivity contribution >= 4 is 10.1 Å². The van der Waals surface area contributed by atoms with E-state index in [4.69, 9.17) is 19.2 Å². The minimum atomic E-state index is -3.74. The second-order valence-corrected chi connectivity index (χ2v) is 8.90. The number of hydrogen-bond acceptors (Lipinski definition) is 7. The van der Waals surface area contributed by atoms with Crippen LogP contribution in [-0.4, -0.2) is 51.1 Å². The lowest BCUT2D eigenvalue weighted by molar-refractivity contribution is 0.0949. The van der Waals surface area contributed by atoms with Gasteiger partial charge in [0.15, 0.2) is 11.5 Å². The second kappa shape index (κ2) is 5.87. The molecule has 0 saturated carbocycles. The van der Waals surface area contributed by atoms with E-state index in [9.17, 15) is 8.42 Å². The number of rotatable bonds is 3. The van der Waals surface area contributed by atoms with Crippen LogP contribution in [-0.2, 0) is 20.8 Å². The minimum absolute atomic E-state index is 0.0368. The Labute approximate surface area is 156 Å². The van der Waals surface area contributed by atoms with Gasteiger partial charge in [0.05, 0.1) is 18.4 Å². The van der Waals surface area contributed by atoms with Crippen LogP contribution in [0.4, 0.5) is 0 Å². The van der Waals surface area contributed by atoms with E-state index < -0.39 is 22.3 Å². The summed E-state index contributed by atoms with van der Waals surface area (Å²) in [5, 5.41) is 3.84. The van der Waals surface area contributed by atoms with E-state index in [0.29, 0.717) is 11.5 Å². The first kappa shape index (κ1) is 16.9. The smallest absolute Gasteiger partial charge is 0.264 e. The first-order chi connectivity index (χ1) is 12.9. The van der Waals surface area contributed by atoms with Crippen molar-refractivity contribution in [3.8, 4) is 11.5 Å². The summed E-state index contributed by atoms with van der Waals surface area (Å²) in [5.41, 5.74) is 12.2. The highest BCUT2D eigenvalue weighted by Crippen LogP contribution is 2.51. The van der Waals surface area contributed by atoms with Crippen LogP contribution in [0.5, 0.6) is 11.5 Å². The van der Waals surface area contributed by atoms with Gasteiger partial charge < -0.3 is 9.47 Å². The fraction of sp³-hybridized carbons (Fsp3) is 0.529. The second-order valence-electron chi connectivity index (χ2n) is 7.30. The highest BCUT2D eigenvalue weighted by Gasteiger charge is 2.51. The molecule has 1 aliphatic carbocycles. The Morgan fingerprint density at radius 2 is 2.11 bits per heavy atom. The molecule has 3 heterocycles. The Morgan fingerprint density at radius 1 is 1.33 bits per heavy atom. The number of ether oxygens (including phenoxy) is 2. The van der Waals surface area contributed by atoms with E-state index in [2.05, 4.69) is 14.9 Å². The Morgan fingerprint density at radius 3 is 2.85 bits per heavy atom. The number of nitrogens with zero attached hydrogens (tertiary/aromatic N) is 4. The van der Waals surface area contributed by atoms with Crippen molar-refractivity contribution in [2.45, 2.75) is 37.1 Å². The van der Waals surface area contributed by atoms with Crippen molar-refractivity contribution < 1.29 is 22.1 Å². The molecule has 0 bridgehead atoms. The van der Waals surface area contributed by atoms with Crippen LogP contribution >= 0.6 is 0 Å². The van der Waals surface area contributed by atoms with Crippen LogP contribution < -0.4 is 9.47 Å². The van der Waals surface area contributed by atoms with Gasteiger partial charge in [-0.05, 0) is 35.2 Å². The zero-order valence-electron chi connectivity index (χ0n) is 14.6. The van der Waals surface area contributed by atoms with Crippen molar-refractivity contribution in [3.63, 3.8) is 0 Å². The number of benzene rings is 1. The molecular weight excluding hydrogens is 372 g/mol. The van der Waals surface area contributed by atoms with Crippen molar-refractivity contribution in [1.82, 2.24) is 4.90 Å². The lowest BCUT2D eigenvalue weighted by atomic mass is 9.72. The Kier molecular flexibility index (Phi) is 3.67. The fourth-order valence-corrected chi connectivity index (χ4v) is 5.44. The summed E-state index contributed by atoms with van der Waals surface area (Å²) in [5.74, 6) is 1.08. The van der Waals surface area contributed by atoms with Gasteiger partial charge in [0.1, 0.15) is 0 Å². The Bertz CT molecular complexity index is 1000. The molecule has 0 aromatic heterocycles. The molecule has 1 aromatic carbocycles. The monoisotopic (exact) mass is 390 g/mol. The molecule has 0 radical (unpaired) electrons. The average Bonchev–Trinajstić information content (AvgIpc) is 3.21. The van der Waals surface area contributed by atoms with Crippen LogP contribution in [0.25, 0.3) is 10.4 Å². The maximum atomic E-state index is 12.0. The van der Waals surface area contributed by atoms with Crippen LogP contribution in [0, 0.1) is 0 Å². The minimum Gasteiger partial charge on any atom is -0.454 e. The zero-order valence-corrected chi connectivity index (χ0v) is 15.4. The maximum absolute atomic E-state index is 12.0. The molecule has 9 nitrogen and oxygen atoms in total. The molecule has 27 heavy (non-hydrogen) atoms. The van der Waals surface area contributed by atoms with Gasteiger partial charge in [-0.25, -0.2) is 0 Å². The average molecular weight is 390 g/mol. The summed E-state index contributed by atoms with van der Waals surface area (Å²) in [6.07, 6.45) is 2.97. The molecule has 1 aromatic rings. The van der Waals surface area contributed by atoms with Gasteiger partial charge in [0, 0.05) is 30.0 Å². The summed E-state index contributed by atoms with van der Waals surface area (Å²) in [6.45, 7) is 1.80. The highest BCUT2D eigenvalue weighted by atomic mass is 32.2. The third-order valence-corrected chi connectivity index (χ3v) is 6.29. The van der Waals surface area contributed by atoms with E-state index in [1.165, 1.54) is 5.57 Å². The zero-order chi connectivity index (χ0) is 18.8. The number of fused-ring (bicyclic) bond motifs is 3. The summed E-state index contributed by atoms with van der Waals surface area (Å²) >= 11 is 0. The summed E-state index contributed by atoms with van der Waals surface area (Å²) < 4.78 is 40.4. The summed E-state index contributed by atoms with van der Waals surface area (Å²) in [4.78, 5) is 5.25. The molecule has 0 N–H and O–H groups in total. The molecule has 0 amide bonds. The quantitative estimate of drug-likeness (QED) is 0.257. The van der Waals surface area contributed by atoms with Gasteiger partial charge in [-0.2, -0.15) is 8.42 Å². The van der Waals surface area contributed by atoms with Crippen LogP contribution in [0.1, 0.15) is 23.5 Å². The molecule has 3 aliphatic heterocycles. The third-order valence-electron chi connectivity index (χ3n) is 5.71. The first-order valence-electron chi connectivity index (χ1n) is 8.74. The van der Waals surface area contributed by atoms with Crippen LogP contribution in [0.2, 0.25) is 0 Å². The predicted molar refractivity (Wildman–Crippen MR) is 94.9 cm³/mol. The van der Waals surface area contributed by atoms with Gasteiger partial charge in [-0.1, -0.05) is 16.8 Å². The lowest BCUT2D eigenvalue weighted by Crippen LogP contribution is -2.50. The van der Waals surface area contributed by atoms with Crippen molar-refractivity contribution in [3.05, 3.63) is 45.4 Å². The van der Waals surface area contributed by atoms with Gasteiger partial charge >= 0.3 is 0 Å². The maximum Gasteiger partial charge on any atom is 0.264 e. The first-order valence-corrected chi connectivity index (χ1v) is 10.6. The van der Waals surface area contributed by atoms with E-state index in [1.54, 1.807) is 0 Å². The van der Waals surface area contributed by atoms with E-state index >= 15 is 0 Å². The number of azide groups is 1. The Balaban J connectivity index is 1.69. The molecule has 5 rings (SSSR count). The largest absolute Gasteiger partial charge is 0.454 e. The molecular formula is C17H18N4O5S. The Hall–Kier alpha value is -2.26. The molecule has 4 atom stereocenters. The predicted octanol–water partition coefficient (Wildman–Crippen LogP) is 2.05. The standard InChI is InChI=1S/C17H18N4O5S/c1-27(22,23)26-17-12(19-20-18)4-9-2-3-21-7-10-5-13-14(25-8-24-13)6-11(10)15(17)16(9)21/h4-6,12,15-17H,2-3,7-8H2,1H3/t12?,15-,16?,17+/m0/s1. The molecule has 2 unspecified atom stereocenters. The molecule has 10 heteroatoms. The van der Waals surface area contributed by atoms with Gasteiger partial charge in [0.2, 0.25) is 6.79 Å². The molecule has 4 aliphatic rings. The normalized spacial score (nSPS) is 30.9. The van der Waals surface area contributed by atoms with Crippen LogP contribution in [0.3, 0.4) is 0 Å². The van der Waals surface area contributed by atoms with Crippen molar-refractivity contribution in [1.29, 1.82) is 0 Å². The van der Waals surface area contributed by atoms with E-state index in [-0.39, 0.29) is 18.8 Å². The highest BCUT2D eigenvalue weighted by molar-refractivity contribution is 7.86. The van der Waals surface area contributed by atoms with Crippen molar-refractivity contribution in [2.24, 2.45) is 5.11 Å². The number of hydrogen-bond donors (Lipinski definition) is 0. The van der Waals surface area contributed by atoms with Crippen LogP contribution in [0.15, 0.2) is 28.9 Å². The van der Waals surface area contributed by atoms with Gasteiger partial charge in [-0.3, -0.25) is 9.08 Å². The van der Waals surface area contributed by atoms with Gasteiger partial charge in [0.25, 0.3) is 10.1 Å². The third kappa shape index (κ3) is 2.68. The molecule has 1 fully saturated rings. The summed E-state index contributed by atoms with van der Waals surface area (Å²) in [6, 6.07) is 3.24. The van der Waals surface area contributed by atoms with E-state index in [1.807, 2.05) is 18.2 Å². The summed E-state index contributed by atoms with van der Waals surface area (Å²) in [7, 11) is -3.74. The SMILES string of the molecule is CS(=O)(=O)O[C@@H]1C(N=[N+]=[N-])C=C2CCN3Cc4cc5c(cc4[C@H]1C23)OCO5. The van der Waals surface area contributed by atoms with Gasteiger partial charge in [-0.15, -0.1) is 0 Å². The lowest BCUT2D eigenvalue weighted by Gasteiger charge is -2.45. The fourth-order valence-electron chi connectivity index (χ4n) is 4.81.